The molecule has 6 heteroatoms. The Labute approximate surface area is 117 Å². The summed E-state index contributed by atoms with van der Waals surface area (Å²) in [5.74, 6) is 6.62. The number of hydrogen-bond donors (Lipinski definition) is 2. The van der Waals surface area contributed by atoms with Gasteiger partial charge in [-0.05, 0) is 18.6 Å². The highest BCUT2D eigenvalue weighted by molar-refractivity contribution is 6.30. The Morgan fingerprint density at radius 3 is 2.89 bits per heavy atom. The molecule has 2 aromatic heterocycles. The number of aryl methyl sites for hydroxylation is 1. The lowest BCUT2D eigenvalue weighted by molar-refractivity contribution is 0.507. The Balaban J connectivity index is 2.14. The summed E-state index contributed by atoms with van der Waals surface area (Å²) in [7, 11) is 0. The maximum atomic E-state index is 5.84. The second-order valence-corrected chi connectivity index (χ2v) is 4.80. The van der Waals surface area contributed by atoms with Crippen molar-refractivity contribution in [2.75, 3.05) is 0 Å². The molecule has 0 saturated carbocycles. The van der Waals surface area contributed by atoms with E-state index in [4.69, 9.17) is 17.4 Å². The van der Waals surface area contributed by atoms with Gasteiger partial charge in [0, 0.05) is 31.6 Å². The molecule has 2 heterocycles. The minimum Gasteiger partial charge on any atom is -0.335 e. The SMILES string of the molecule is CCCn1ccnc1CC(NN)c1ccc(Cl)cn1. The molecule has 0 saturated heterocycles. The molecule has 0 aliphatic heterocycles. The summed E-state index contributed by atoms with van der Waals surface area (Å²) < 4.78 is 2.14. The average molecular weight is 280 g/mol. The van der Waals surface area contributed by atoms with E-state index in [0.29, 0.717) is 11.4 Å². The van der Waals surface area contributed by atoms with E-state index in [0.717, 1.165) is 24.5 Å². The van der Waals surface area contributed by atoms with E-state index in [2.05, 4.69) is 26.9 Å². The van der Waals surface area contributed by atoms with Crippen molar-refractivity contribution in [2.24, 2.45) is 5.84 Å². The van der Waals surface area contributed by atoms with Gasteiger partial charge >= 0.3 is 0 Å². The van der Waals surface area contributed by atoms with Crippen LogP contribution in [0.3, 0.4) is 0 Å². The summed E-state index contributed by atoms with van der Waals surface area (Å²) >= 11 is 5.84. The Hall–Kier alpha value is -1.43. The second-order valence-electron chi connectivity index (χ2n) is 4.36. The molecule has 1 unspecified atom stereocenters. The lowest BCUT2D eigenvalue weighted by Crippen LogP contribution is -2.31. The van der Waals surface area contributed by atoms with Crippen molar-refractivity contribution in [3.8, 4) is 0 Å². The van der Waals surface area contributed by atoms with E-state index in [1.807, 2.05) is 24.5 Å². The zero-order valence-corrected chi connectivity index (χ0v) is 11.6. The van der Waals surface area contributed by atoms with Crippen LogP contribution in [0.4, 0.5) is 0 Å². The Bertz CT molecular complexity index is 508. The molecular formula is C13H18ClN5. The van der Waals surface area contributed by atoms with Gasteiger partial charge in [0.2, 0.25) is 0 Å². The van der Waals surface area contributed by atoms with Gasteiger partial charge in [0.15, 0.2) is 0 Å². The zero-order valence-electron chi connectivity index (χ0n) is 10.9. The molecule has 102 valence electrons. The third-order valence-electron chi connectivity index (χ3n) is 2.96. The molecule has 1 atom stereocenters. The molecule has 0 fully saturated rings. The van der Waals surface area contributed by atoms with Crippen LogP contribution < -0.4 is 11.3 Å². The summed E-state index contributed by atoms with van der Waals surface area (Å²) in [5.41, 5.74) is 3.65. The molecule has 0 spiro atoms. The van der Waals surface area contributed by atoms with E-state index in [9.17, 15) is 0 Å². The van der Waals surface area contributed by atoms with Crippen molar-refractivity contribution >= 4 is 11.6 Å². The van der Waals surface area contributed by atoms with E-state index in [1.54, 1.807) is 6.20 Å². The van der Waals surface area contributed by atoms with E-state index < -0.39 is 0 Å². The first-order valence-corrected chi connectivity index (χ1v) is 6.70. The molecule has 0 aromatic carbocycles. The predicted octanol–water partition coefficient (Wildman–Crippen LogP) is 2.09. The Kier molecular flexibility index (Phi) is 4.90. The normalized spacial score (nSPS) is 12.6. The van der Waals surface area contributed by atoms with Gasteiger partial charge in [0.1, 0.15) is 5.82 Å². The van der Waals surface area contributed by atoms with Crippen molar-refractivity contribution in [1.82, 2.24) is 20.0 Å². The molecule has 0 amide bonds. The minimum absolute atomic E-state index is 0.0738. The fourth-order valence-electron chi connectivity index (χ4n) is 2.00. The van der Waals surface area contributed by atoms with Crippen LogP contribution in [0.5, 0.6) is 0 Å². The molecule has 0 aliphatic carbocycles. The lowest BCUT2D eigenvalue weighted by atomic mass is 10.1. The molecule has 0 bridgehead atoms. The van der Waals surface area contributed by atoms with Gasteiger partial charge in [-0.2, -0.15) is 0 Å². The van der Waals surface area contributed by atoms with Gasteiger partial charge in [-0.15, -0.1) is 0 Å². The number of nitrogens with one attached hydrogen (secondary N) is 1. The first-order valence-electron chi connectivity index (χ1n) is 6.32. The quantitative estimate of drug-likeness (QED) is 0.628. The van der Waals surface area contributed by atoms with Crippen LogP contribution in [0.2, 0.25) is 5.02 Å². The van der Waals surface area contributed by atoms with Crippen LogP contribution in [0.15, 0.2) is 30.7 Å². The standard InChI is InChI=1S/C13H18ClN5/c1-2-6-19-7-5-16-13(19)8-12(18-15)11-4-3-10(14)9-17-11/h3-5,7,9,12,18H,2,6,8,15H2,1H3. The number of pyridine rings is 1. The van der Waals surface area contributed by atoms with Crippen molar-refractivity contribution in [1.29, 1.82) is 0 Å². The molecule has 5 nitrogen and oxygen atoms in total. The highest BCUT2D eigenvalue weighted by atomic mass is 35.5. The lowest BCUT2D eigenvalue weighted by Gasteiger charge is -2.16. The third-order valence-corrected chi connectivity index (χ3v) is 3.18. The minimum atomic E-state index is -0.0738. The first-order chi connectivity index (χ1) is 9.24. The van der Waals surface area contributed by atoms with Crippen molar-refractivity contribution in [2.45, 2.75) is 32.4 Å². The largest absolute Gasteiger partial charge is 0.335 e. The Morgan fingerprint density at radius 1 is 1.42 bits per heavy atom. The van der Waals surface area contributed by atoms with Crippen LogP contribution in [-0.2, 0) is 13.0 Å². The maximum absolute atomic E-state index is 5.84. The summed E-state index contributed by atoms with van der Waals surface area (Å²) in [6, 6.07) is 3.61. The van der Waals surface area contributed by atoms with E-state index in [-0.39, 0.29) is 6.04 Å². The summed E-state index contributed by atoms with van der Waals surface area (Å²) in [6.07, 6.45) is 7.19. The molecule has 2 aromatic rings. The number of nitrogens with zero attached hydrogens (tertiary/aromatic N) is 3. The van der Waals surface area contributed by atoms with Gasteiger partial charge in [-0.25, -0.2) is 4.98 Å². The number of rotatable bonds is 6. The first kappa shape index (κ1) is 14.0. The van der Waals surface area contributed by atoms with E-state index in [1.165, 1.54) is 0 Å². The highest BCUT2D eigenvalue weighted by Crippen LogP contribution is 2.17. The fourth-order valence-corrected chi connectivity index (χ4v) is 2.11. The van der Waals surface area contributed by atoms with Gasteiger partial charge in [0.05, 0.1) is 16.8 Å². The number of hydrazine groups is 1. The molecule has 2 rings (SSSR count). The van der Waals surface area contributed by atoms with Crippen molar-refractivity contribution < 1.29 is 0 Å². The van der Waals surface area contributed by atoms with Crippen LogP contribution in [0.25, 0.3) is 0 Å². The number of hydrogen-bond acceptors (Lipinski definition) is 4. The molecule has 3 N–H and O–H groups in total. The number of imidazole rings is 1. The van der Waals surface area contributed by atoms with Crippen LogP contribution in [0.1, 0.15) is 30.9 Å². The molecular weight excluding hydrogens is 262 g/mol. The third kappa shape index (κ3) is 3.53. The van der Waals surface area contributed by atoms with Crippen molar-refractivity contribution in [3.63, 3.8) is 0 Å². The van der Waals surface area contributed by atoms with Gasteiger partial charge in [-0.3, -0.25) is 16.3 Å². The van der Waals surface area contributed by atoms with Gasteiger partial charge in [-0.1, -0.05) is 18.5 Å². The van der Waals surface area contributed by atoms with Crippen LogP contribution in [-0.4, -0.2) is 14.5 Å². The number of halogens is 1. The summed E-state index contributed by atoms with van der Waals surface area (Å²) in [6.45, 7) is 3.10. The Morgan fingerprint density at radius 2 is 2.26 bits per heavy atom. The maximum Gasteiger partial charge on any atom is 0.110 e. The van der Waals surface area contributed by atoms with Gasteiger partial charge in [0.25, 0.3) is 0 Å². The number of nitrogens with two attached hydrogens (primary N) is 1. The zero-order chi connectivity index (χ0) is 13.7. The molecule has 0 aliphatic rings. The monoisotopic (exact) mass is 279 g/mol. The highest BCUT2D eigenvalue weighted by Gasteiger charge is 2.15. The number of aromatic nitrogens is 3. The predicted molar refractivity (Wildman–Crippen MR) is 75.5 cm³/mol. The van der Waals surface area contributed by atoms with Crippen molar-refractivity contribution in [3.05, 3.63) is 47.3 Å². The van der Waals surface area contributed by atoms with Crippen LogP contribution in [0, 0.1) is 0 Å². The topological polar surface area (TPSA) is 68.8 Å². The van der Waals surface area contributed by atoms with E-state index >= 15 is 0 Å². The molecule has 0 radical (unpaired) electrons. The van der Waals surface area contributed by atoms with Gasteiger partial charge < -0.3 is 4.57 Å². The van der Waals surface area contributed by atoms with Crippen LogP contribution >= 0.6 is 11.6 Å². The average Bonchev–Trinajstić information content (AvgIpc) is 2.85. The summed E-state index contributed by atoms with van der Waals surface area (Å²) in [5, 5.41) is 0.618. The second kappa shape index (κ2) is 6.65. The molecule has 19 heavy (non-hydrogen) atoms. The smallest absolute Gasteiger partial charge is 0.110 e. The summed E-state index contributed by atoms with van der Waals surface area (Å²) in [4.78, 5) is 8.67. The fraction of sp³-hybridized carbons (Fsp3) is 0.385.